The van der Waals surface area contributed by atoms with Crippen molar-refractivity contribution in [2.75, 3.05) is 29.9 Å². The van der Waals surface area contributed by atoms with Crippen LogP contribution < -0.4 is 15.5 Å². The van der Waals surface area contributed by atoms with Crippen LogP contribution >= 0.6 is 0 Å². The minimum atomic E-state index is -0.238. The fraction of sp³-hybridized carbons (Fsp3) is 0.267. The molecule has 0 atom stereocenters. The summed E-state index contributed by atoms with van der Waals surface area (Å²) >= 11 is 0. The number of hydrogen-bond acceptors (Lipinski definition) is 5. The van der Waals surface area contributed by atoms with Gasteiger partial charge in [0.25, 0.3) is 5.91 Å². The Kier molecular flexibility index (Phi) is 3.78. The first kappa shape index (κ1) is 14.1. The highest BCUT2D eigenvalue weighted by molar-refractivity contribution is 6.04. The summed E-state index contributed by atoms with van der Waals surface area (Å²) in [6.07, 6.45) is 3.06. The molecule has 1 saturated heterocycles. The zero-order valence-electron chi connectivity index (χ0n) is 12.1. The largest absolute Gasteiger partial charge is 0.469 e. The highest BCUT2D eigenvalue weighted by atomic mass is 16.3. The summed E-state index contributed by atoms with van der Waals surface area (Å²) in [5.74, 6) is 1.03. The van der Waals surface area contributed by atoms with Crippen molar-refractivity contribution < 1.29 is 14.0 Å². The molecular formula is C15H16N4O3. The van der Waals surface area contributed by atoms with E-state index in [4.69, 9.17) is 4.42 Å². The molecule has 3 heterocycles. The van der Waals surface area contributed by atoms with Gasteiger partial charge in [0.15, 0.2) is 0 Å². The predicted molar refractivity (Wildman–Crippen MR) is 80.9 cm³/mol. The van der Waals surface area contributed by atoms with E-state index < -0.39 is 0 Å². The zero-order chi connectivity index (χ0) is 15.5. The van der Waals surface area contributed by atoms with Gasteiger partial charge in [-0.05, 0) is 25.1 Å². The van der Waals surface area contributed by atoms with Gasteiger partial charge in [-0.15, -0.1) is 0 Å². The number of aryl methyl sites for hydroxylation is 1. The van der Waals surface area contributed by atoms with Crippen LogP contribution in [0.3, 0.4) is 0 Å². The molecule has 0 unspecified atom stereocenters. The van der Waals surface area contributed by atoms with Crippen LogP contribution in [-0.2, 0) is 4.79 Å². The molecule has 22 heavy (non-hydrogen) atoms. The number of nitrogens with one attached hydrogen (secondary N) is 2. The third kappa shape index (κ3) is 2.93. The molecule has 1 fully saturated rings. The molecule has 7 nitrogen and oxygen atoms in total. The topological polar surface area (TPSA) is 87.5 Å². The Hall–Kier alpha value is -2.83. The number of furan rings is 1. The first-order chi connectivity index (χ1) is 10.6. The molecule has 0 bridgehead atoms. The fourth-order valence-electron chi connectivity index (χ4n) is 2.30. The second-order valence-electron chi connectivity index (χ2n) is 5.02. The minimum absolute atomic E-state index is 0.0131. The van der Waals surface area contributed by atoms with E-state index in [1.54, 1.807) is 31.3 Å². The van der Waals surface area contributed by atoms with E-state index in [0.717, 1.165) is 6.54 Å². The maximum atomic E-state index is 12.1. The molecule has 114 valence electrons. The van der Waals surface area contributed by atoms with Crippen molar-refractivity contribution in [3.63, 3.8) is 0 Å². The summed E-state index contributed by atoms with van der Waals surface area (Å²) in [4.78, 5) is 29.6. The number of anilines is 2. The summed E-state index contributed by atoms with van der Waals surface area (Å²) in [7, 11) is 0. The number of amides is 2. The van der Waals surface area contributed by atoms with E-state index in [2.05, 4.69) is 15.6 Å². The molecule has 2 amide bonds. The van der Waals surface area contributed by atoms with Crippen molar-refractivity contribution in [3.05, 3.63) is 42.0 Å². The molecule has 7 heteroatoms. The minimum Gasteiger partial charge on any atom is -0.469 e. The zero-order valence-corrected chi connectivity index (χ0v) is 12.1. The Morgan fingerprint density at radius 2 is 2.27 bits per heavy atom. The van der Waals surface area contributed by atoms with E-state index in [9.17, 15) is 9.59 Å². The van der Waals surface area contributed by atoms with Gasteiger partial charge in [-0.1, -0.05) is 0 Å². The molecule has 1 aliphatic rings. The standard InChI is InChI=1S/C15H16N4O3/c1-10-12(4-7-22-10)15(21)18-11-2-3-13(17-8-11)19-6-5-16-14(20)9-19/h2-4,7-8H,5-6,9H2,1H3,(H,16,20)(H,18,21). The number of carbonyl (C=O) groups is 2. The predicted octanol–water partition coefficient (Wildman–Crippen LogP) is 1.17. The molecule has 2 aromatic heterocycles. The molecule has 2 N–H and O–H groups in total. The number of rotatable bonds is 3. The van der Waals surface area contributed by atoms with Gasteiger partial charge in [-0.25, -0.2) is 4.98 Å². The third-order valence-electron chi connectivity index (χ3n) is 3.47. The summed E-state index contributed by atoms with van der Waals surface area (Å²) in [6, 6.07) is 5.18. The fourth-order valence-corrected chi connectivity index (χ4v) is 2.30. The molecule has 3 rings (SSSR count). The van der Waals surface area contributed by atoms with Gasteiger partial charge in [0, 0.05) is 13.1 Å². The van der Waals surface area contributed by atoms with Crippen LogP contribution in [0.4, 0.5) is 11.5 Å². The van der Waals surface area contributed by atoms with E-state index in [1.807, 2.05) is 4.90 Å². The molecule has 0 aliphatic carbocycles. The van der Waals surface area contributed by atoms with Crippen molar-refractivity contribution in [1.29, 1.82) is 0 Å². The Morgan fingerprint density at radius 1 is 1.41 bits per heavy atom. The lowest BCUT2D eigenvalue weighted by molar-refractivity contribution is -0.120. The normalized spacial score (nSPS) is 14.6. The summed E-state index contributed by atoms with van der Waals surface area (Å²) in [5, 5.41) is 5.53. The van der Waals surface area contributed by atoms with Gasteiger partial charge in [0.2, 0.25) is 5.91 Å². The number of nitrogens with zero attached hydrogens (tertiary/aromatic N) is 2. The second-order valence-corrected chi connectivity index (χ2v) is 5.02. The Bertz CT molecular complexity index is 693. The third-order valence-corrected chi connectivity index (χ3v) is 3.47. The number of carbonyl (C=O) groups excluding carboxylic acids is 2. The molecule has 1 aliphatic heterocycles. The molecule has 2 aromatic rings. The Labute approximate surface area is 127 Å². The lowest BCUT2D eigenvalue weighted by Crippen LogP contribution is -2.48. The second kappa shape index (κ2) is 5.88. The monoisotopic (exact) mass is 300 g/mol. The van der Waals surface area contributed by atoms with Crippen LogP contribution in [0.25, 0.3) is 0 Å². The maximum absolute atomic E-state index is 12.1. The molecule has 0 radical (unpaired) electrons. The highest BCUT2D eigenvalue weighted by Crippen LogP contribution is 2.16. The Morgan fingerprint density at radius 3 is 2.91 bits per heavy atom. The van der Waals surface area contributed by atoms with Gasteiger partial charge in [0.1, 0.15) is 11.6 Å². The Balaban J connectivity index is 1.68. The van der Waals surface area contributed by atoms with E-state index >= 15 is 0 Å². The molecule has 0 spiro atoms. The lowest BCUT2D eigenvalue weighted by Gasteiger charge is -2.27. The summed E-state index contributed by atoms with van der Waals surface area (Å²) in [6.45, 7) is 3.36. The number of pyridine rings is 1. The van der Waals surface area contributed by atoms with Crippen molar-refractivity contribution in [2.24, 2.45) is 0 Å². The SMILES string of the molecule is Cc1occc1C(=O)Nc1ccc(N2CCNC(=O)C2)nc1. The molecule has 0 saturated carbocycles. The van der Waals surface area contributed by atoms with Crippen LogP contribution in [0.5, 0.6) is 0 Å². The van der Waals surface area contributed by atoms with Gasteiger partial charge >= 0.3 is 0 Å². The first-order valence-electron chi connectivity index (χ1n) is 6.96. The maximum Gasteiger partial charge on any atom is 0.259 e. The first-order valence-corrected chi connectivity index (χ1v) is 6.96. The van der Waals surface area contributed by atoms with E-state index in [1.165, 1.54) is 6.26 Å². The summed E-state index contributed by atoms with van der Waals surface area (Å²) < 4.78 is 5.11. The van der Waals surface area contributed by atoms with Gasteiger partial charge in [0.05, 0.1) is 30.3 Å². The number of aromatic nitrogens is 1. The van der Waals surface area contributed by atoms with E-state index in [-0.39, 0.29) is 11.8 Å². The molecule has 0 aromatic carbocycles. The van der Waals surface area contributed by atoms with Crippen LogP contribution in [0, 0.1) is 6.92 Å². The number of hydrogen-bond donors (Lipinski definition) is 2. The van der Waals surface area contributed by atoms with Gasteiger partial charge in [-0.3, -0.25) is 9.59 Å². The average Bonchev–Trinajstić information content (AvgIpc) is 2.94. The van der Waals surface area contributed by atoms with Crippen molar-refractivity contribution in [2.45, 2.75) is 6.92 Å². The van der Waals surface area contributed by atoms with Crippen molar-refractivity contribution in [3.8, 4) is 0 Å². The van der Waals surface area contributed by atoms with Crippen LogP contribution in [0.15, 0.2) is 35.1 Å². The quantitative estimate of drug-likeness (QED) is 0.888. The average molecular weight is 300 g/mol. The van der Waals surface area contributed by atoms with Crippen molar-refractivity contribution >= 4 is 23.3 Å². The number of piperazine rings is 1. The van der Waals surface area contributed by atoms with Crippen LogP contribution in [-0.4, -0.2) is 36.4 Å². The summed E-state index contributed by atoms with van der Waals surface area (Å²) in [5.41, 5.74) is 1.09. The van der Waals surface area contributed by atoms with Crippen LogP contribution in [0.2, 0.25) is 0 Å². The smallest absolute Gasteiger partial charge is 0.259 e. The highest BCUT2D eigenvalue weighted by Gasteiger charge is 2.17. The lowest BCUT2D eigenvalue weighted by atomic mass is 10.2. The van der Waals surface area contributed by atoms with E-state index in [0.29, 0.717) is 35.9 Å². The van der Waals surface area contributed by atoms with Crippen LogP contribution in [0.1, 0.15) is 16.1 Å². The molecular weight excluding hydrogens is 284 g/mol. The van der Waals surface area contributed by atoms with Gasteiger partial charge < -0.3 is 20.0 Å². The van der Waals surface area contributed by atoms with Crippen molar-refractivity contribution in [1.82, 2.24) is 10.3 Å². The van der Waals surface area contributed by atoms with Gasteiger partial charge in [-0.2, -0.15) is 0 Å².